The molecule has 1 heterocycles. The number of alkyl halides is 3. The van der Waals surface area contributed by atoms with Crippen LogP contribution in [0.5, 0.6) is 11.5 Å². The average Bonchev–Trinajstić information content (AvgIpc) is 3.37. The second-order valence-electron chi connectivity index (χ2n) is 6.90. The van der Waals surface area contributed by atoms with Gasteiger partial charge in [0, 0.05) is 11.3 Å². The van der Waals surface area contributed by atoms with E-state index >= 15 is 0 Å². The molecule has 0 atom stereocenters. The fraction of sp³-hybridized carbons (Fsp3) is 0.130. The van der Waals surface area contributed by atoms with Crippen LogP contribution < -0.4 is 20.2 Å². The maximum atomic E-state index is 12.6. The molecule has 2 N–H and O–H groups in total. The number of methoxy groups -OCH3 is 1. The first-order chi connectivity index (χ1) is 16.6. The van der Waals surface area contributed by atoms with Gasteiger partial charge in [-0.1, -0.05) is 0 Å². The number of esters is 1. The molecule has 1 aromatic heterocycles. The number of furan rings is 1. The van der Waals surface area contributed by atoms with Crippen LogP contribution in [0.25, 0.3) is 0 Å². The number of amides is 2. The Balaban J connectivity index is 1.62. The first-order valence-corrected chi connectivity index (χ1v) is 9.85. The van der Waals surface area contributed by atoms with Gasteiger partial charge in [-0.25, -0.2) is 10.2 Å². The van der Waals surface area contributed by atoms with E-state index < -0.39 is 29.5 Å². The normalized spacial score (nSPS) is 11.5. The summed E-state index contributed by atoms with van der Waals surface area (Å²) in [5.74, 6) is -2.67. The highest BCUT2D eigenvalue weighted by molar-refractivity contribution is 6.39. The van der Waals surface area contributed by atoms with Gasteiger partial charge in [-0.15, -0.1) is 0 Å². The molecule has 2 amide bonds. The number of nitrogens with zero attached hydrogens (tertiary/aromatic N) is 1. The average molecular weight is 489 g/mol. The Morgan fingerprint density at radius 2 is 1.69 bits per heavy atom. The molecule has 0 aliphatic heterocycles. The lowest BCUT2D eigenvalue weighted by Gasteiger charge is -2.10. The van der Waals surface area contributed by atoms with Crippen molar-refractivity contribution >= 4 is 29.2 Å². The lowest BCUT2D eigenvalue weighted by molar-refractivity contribution is -0.137. The molecule has 12 heteroatoms. The monoisotopic (exact) mass is 489 g/mol. The van der Waals surface area contributed by atoms with Crippen LogP contribution in [-0.2, 0) is 15.8 Å². The van der Waals surface area contributed by atoms with E-state index in [2.05, 4.69) is 15.8 Å². The van der Waals surface area contributed by atoms with Gasteiger partial charge in [-0.2, -0.15) is 18.3 Å². The van der Waals surface area contributed by atoms with Gasteiger partial charge in [0.2, 0.25) is 5.76 Å². The Hall–Kier alpha value is -4.61. The Labute approximate surface area is 196 Å². The summed E-state index contributed by atoms with van der Waals surface area (Å²) in [7, 11) is 1.36. The molecule has 9 nitrogen and oxygen atoms in total. The quantitative estimate of drug-likeness (QED) is 0.178. The number of benzene rings is 2. The van der Waals surface area contributed by atoms with Gasteiger partial charge in [0.05, 0.1) is 24.6 Å². The summed E-state index contributed by atoms with van der Waals surface area (Å²) in [5, 5.41) is 6.01. The van der Waals surface area contributed by atoms with Crippen LogP contribution in [0.2, 0.25) is 0 Å². The molecular weight excluding hydrogens is 471 g/mol. The van der Waals surface area contributed by atoms with E-state index in [1.165, 1.54) is 44.6 Å². The van der Waals surface area contributed by atoms with Crippen molar-refractivity contribution in [3.63, 3.8) is 0 Å². The number of hydrazone groups is 1. The zero-order valence-corrected chi connectivity index (χ0v) is 18.3. The largest absolute Gasteiger partial charge is 0.493 e. The van der Waals surface area contributed by atoms with Crippen molar-refractivity contribution in [2.24, 2.45) is 5.10 Å². The SMILES string of the molecule is COc1cc(C(C)=NNC(=O)C(=O)Nc2ccc(C(F)(F)F)cc2)ccc1OC(=O)c1ccco1. The van der Waals surface area contributed by atoms with E-state index in [9.17, 15) is 27.6 Å². The standard InChI is InChI=1S/C23H18F3N3O6/c1-13(14-5-10-17(19(12-14)33-2)35-22(32)18-4-3-11-34-18)28-29-21(31)20(30)27-16-8-6-15(7-9-16)23(24,25)26/h3-12H,1-2H3,(H,27,30)(H,29,31). The second kappa shape index (κ2) is 10.5. The summed E-state index contributed by atoms with van der Waals surface area (Å²) in [5.41, 5.74) is 1.93. The van der Waals surface area contributed by atoms with E-state index in [0.29, 0.717) is 5.56 Å². The van der Waals surface area contributed by atoms with Crippen molar-refractivity contribution in [1.29, 1.82) is 0 Å². The second-order valence-corrected chi connectivity index (χ2v) is 6.90. The highest BCUT2D eigenvalue weighted by atomic mass is 19.4. The van der Waals surface area contributed by atoms with Gasteiger partial charge < -0.3 is 19.2 Å². The number of ether oxygens (including phenoxy) is 2. The van der Waals surface area contributed by atoms with Crippen molar-refractivity contribution in [2.45, 2.75) is 13.1 Å². The molecule has 0 saturated carbocycles. The molecule has 0 radical (unpaired) electrons. The van der Waals surface area contributed by atoms with E-state index in [0.717, 1.165) is 24.3 Å². The van der Waals surface area contributed by atoms with Crippen LogP contribution in [0.1, 0.15) is 28.6 Å². The number of halogens is 3. The maximum absolute atomic E-state index is 12.6. The molecule has 35 heavy (non-hydrogen) atoms. The van der Waals surface area contributed by atoms with Crippen molar-refractivity contribution in [1.82, 2.24) is 5.43 Å². The van der Waals surface area contributed by atoms with E-state index in [4.69, 9.17) is 13.9 Å². The first kappa shape index (κ1) is 25.0. The van der Waals surface area contributed by atoms with E-state index in [1.807, 2.05) is 0 Å². The molecule has 0 aliphatic rings. The van der Waals surface area contributed by atoms with Crippen LogP contribution in [0.4, 0.5) is 18.9 Å². The van der Waals surface area contributed by atoms with E-state index in [-0.39, 0.29) is 28.7 Å². The minimum atomic E-state index is -4.52. The van der Waals surface area contributed by atoms with Crippen molar-refractivity contribution < 1.29 is 41.4 Å². The molecule has 2 aromatic carbocycles. The zero-order chi connectivity index (χ0) is 25.6. The van der Waals surface area contributed by atoms with Crippen molar-refractivity contribution in [3.8, 4) is 11.5 Å². The number of rotatable bonds is 6. The Kier molecular flexibility index (Phi) is 7.54. The molecule has 0 fully saturated rings. The molecule has 0 unspecified atom stereocenters. The topological polar surface area (TPSA) is 119 Å². The molecule has 0 bridgehead atoms. The molecule has 0 aliphatic carbocycles. The third-order valence-electron chi connectivity index (χ3n) is 4.51. The fourth-order valence-electron chi connectivity index (χ4n) is 2.70. The van der Waals surface area contributed by atoms with Crippen LogP contribution >= 0.6 is 0 Å². The minimum absolute atomic E-state index is 0.00303. The first-order valence-electron chi connectivity index (χ1n) is 9.85. The number of hydrogen-bond donors (Lipinski definition) is 2. The third-order valence-corrected chi connectivity index (χ3v) is 4.51. The summed E-state index contributed by atoms with van der Waals surface area (Å²) in [6.07, 6.45) is -3.19. The number of nitrogens with one attached hydrogen (secondary N) is 2. The summed E-state index contributed by atoms with van der Waals surface area (Å²) >= 11 is 0. The summed E-state index contributed by atoms with van der Waals surface area (Å²) < 4.78 is 53.3. The number of carbonyl (C=O) groups is 3. The van der Waals surface area contributed by atoms with Crippen LogP contribution in [0, 0.1) is 0 Å². The summed E-state index contributed by atoms with van der Waals surface area (Å²) in [6, 6.07) is 11.1. The molecule has 3 rings (SSSR count). The van der Waals surface area contributed by atoms with Crippen LogP contribution in [-0.4, -0.2) is 30.6 Å². The zero-order valence-electron chi connectivity index (χ0n) is 18.3. The fourth-order valence-corrected chi connectivity index (χ4v) is 2.70. The minimum Gasteiger partial charge on any atom is -0.493 e. The van der Waals surface area contributed by atoms with Crippen molar-refractivity contribution in [3.05, 3.63) is 77.7 Å². The van der Waals surface area contributed by atoms with E-state index in [1.54, 1.807) is 6.07 Å². The van der Waals surface area contributed by atoms with Crippen molar-refractivity contribution in [2.75, 3.05) is 12.4 Å². The molecule has 0 spiro atoms. The van der Waals surface area contributed by atoms with Gasteiger partial charge in [-0.3, -0.25) is 9.59 Å². The van der Waals surface area contributed by atoms with Gasteiger partial charge in [0.1, 0.15) is 0 Å². The predicted molar refractivity (Wildman–Crippen MR) is 117 cm³/mol. The smallest absolute Gasteiger partial charge is 0.416 e. The predicted octanol–water partition coefficient (Wildman–Crippen LogP) is 4.01. The van der Waals surface area contributed by atoms with Gasteiger partial charge in [0.25, 0.3) is 0 Å². The highest BCUT2D eigenvalue weighted by Gasteiger charge is 2.30. The molecule has 182 valence electrons. The lowest BCUT2D eigenvalue weighted by Crippen LogP contribution is -2.33. The number of hydrogen-bond acceptors (Lipinski definition) is 7. The molecule has 3 aromatic rings. The lowest BCUT2D eigenvalue weighted by atomic mass is 10.1. The van der Waals surface area contributed by atoms with Crippen LogP contribution in [0.3, 0.4) is 0 Å². The number of carbonyl (C=O) groups excluding carboxylic acids is 3. The maximum Gasteiger partial charge on any atom is 0.416 e. The Bertz CT molecular complexity index is 1250. The highest BCUT2D eigenvalue weighted by Crippen LogP contribution is 2.30. The Morgan fingerprint density at radius 3 is 2.29 bits per heavy atom. The third kappa shape index (κ3) is 6.47. The summed E-state index contributed by atoms with van der Waals surface area (Å²) in [4.78, 5) is 36.1. The summed E-state index contributed by atoms with van der Waals surface area (Å²) in [6.45, 7) is 1.54. The molecule has 0 saturated heterocycles. The molecular formula is C23H18F3N3O6. The van der Waals surface area contributed by atoms with Crippen LogP contribution in [0.15, 0.2) is 70.4 Å². The Morgan fingerprint density at radius 1 is 0.971 bits per heavy atom. The van der Waals surface area contributed by atoms with Gasteiger partial charge in [0.15, 0.2) is 11.5 Å². The number of anilines is 1. The van der Waals surface area contributed by atoms with Gasteiger partial charge in [-0.05, 0) is 61.5 Å². The van der Waals surface area contributed by atoms with Gasteiger partial charge >= 0.3 is 24.0 Å².